The van der Waals surface area contributed by atoms with Gasteiger partial charge in [-0.3, -0.25) is 4.79 Å². The van der Waals surface area contributed by atoms with E-state index in [9.17, 15) is 4.79 Å². The van der Waals surface area contributed by atoms with Gasteiger partial charge in [0.25, 0.3) is 5.56 Å². The van der Waals surface area contributed by atoms with Crippen LogP contribution < -0.4 is 15.0 Å². The Bertz CT molecular complexity index is 1740. The van der Waals surface area contributed by atoms with Crippen LogP contribution in [0.4, 0.5) is 0 Å². The minimum Gasteiger partial charge on any atom is -0.490 e. The van der Waals surface area contributed by atoms with E-state index in [0.717, 1.165) is 10.9 Å². The van der Waals surface area contributed by atoms with E-state index in [1.165, 1.54) is 4.68 Å². The Labute approximate surface area is 219 Å². The summed E-state index contributed by atoms with van der Waals surface area (Å²) in [6.07, 6.45) is 9.29. The highest BCUT2D eigenvalue weighted by molar-refractivity contribution is 5.85. The van der Waals surface area contributed by atoms with E-state index >= 15 is 0 Å². The van der Waals surface area contributed by atoms with Crippen molar-refractivity contribution in [2.45, 2.75) is 13.3 Å². The standard InChI is InChI=1S/C31H25N3O4/c1-4-11-23-17-21(18-27(36-6-3)29(23)37-16-5-2)20-32-34-30(28-19-22-12-7-10-15-26(22)38-28)33-25-14-9-8-13-24(25)31(34)35/h2,4,7-10,12-15,17-20H,1,6,11,16H2,3H3. The lowest BCUT2D eigenvalue weighted by atomic mass is 10.1. The molecule has 0 radical (unpaired) electrons. The molecule has 5 rings (SSSR count). The monoisotopic (exact) mass is 503 g/mol. The van der Waals surface area contributed by atoms with Crippen molar-refractivity contribution in [3.63, 3.8) is 0 Å². The Hall–Kier alpha value is -5.09. The zero-order chi connectivity index (χ0) is 26.5. The number of fused-ring (bicyclic) bond motifs is 2. The SMILES string of the molecule is C#CCOc1c(CC=C)cc(C=Nn2c(-c3cc4ccccc4o3)nc3ccccc3c2=O)cc1OCC. The van der Waals surface area contributed by atoms with E-state index in [-0.39, 0.29) is 12.2 Å². The summed E-state index contributed by atoms with van der Waals surface area (Å²) < 4.78 is 18.9. The van der Waals surface area contributed by atoms with E-state index in [4.69, 9.17) is 25.3 Å². The third-order valence-corrected chi connectivity index (χ3v) is 5.84. The Morgan fingerprint density at radius 3 is 2.74 bits per heavy atom. The van der Waals surface area contributed by atoms with Gasteiger partial charge in [0.05, 0.1) is 23.7 Å². The van der Waals surface area contributed by atoms with E-state index in [0.29, 0.717) is 58.2 Å². The molecule has 0 bridgehead atoms. The minimum absolute atomic E-state index is 0.108. The number of hydrogen-bond acceptors (Lipinski definition) is 6. The van der Waals surface area contributed by atoms with Crippen LogP contribution in [0.1, 0.15) is 18.1 Å². The minimum atomic E-state index is -0.312. The van der Waals surface area contributed by atoms with Crippen LogP contribution in [0.3, 0.4) is 0 Å². The fraction of sp³-hybridized carbons (Fsp3) is 0.129. The van der Waals surface area contributed by atoms with Crippen molar-refractivity contribution >= 4 is 28.1 Å². The zero-order valence-electron chi connectivity index (χ0n) is 20.9. The first-order valence-corrected chi connectivity index (χ1v) is 12.1. The van der Waals surface area contributed by atoms with Gasteiger partial charge in [0.1, 0.15) is 12.2 Å². The molecule has 7 heteroatoms. The summed E-state index contributed by atoms with van der Waals surface area (Å²) >= 11 is 0. The number of ether oxygens (including phenoxy) is 2. The molecule has 0 aliphatic heterocycles. The molecule has 5 aromatic rings. The highest BCUT2D eigenvalue weighted by Gasteiger charge is 2.17. The molecule has 0 unspecified atom stereocenters. The molecule has 0 aliphatic carbocycles. The normalized spacial score (nSPS) is 11.2. The second-order valence-electron chi connectivity index (χ2n) is 8.39. The number of rotatable bonds is 9. The molecule has 38 heavy (non-hydrogen) atoms. The van der Waals surface area contributed by atoms with E-state index in [1.54, 1.807) is 36.6 Å². The van der Waals surface area contributed by atoms with Crippen LogP contribution in [-0.4, -0.2) is 29.1 Å². The maximum atomic E-state index is 13.6. The third-order valence-electron chi connectivity index (χ3n) is 5.84. The molecule has 2 heterocycles. The van der Waals surface area contributed by atoms with Gasteiger partial charge >= 0.3 is 0 Å². The van der Waals surface area contributed by atoms with Crippen molar-refractivity contribution in [3.05, 3.63) is 101 Å². The summed E-state index contributed by atoms with van der Waals surface area (Å²) in [6.45, 7) is 6.28. The van der Waals surface area contributed by atoms with E-state index in [1.807, 2.05) is 49.4 Å². The highest BCUT2D eigenvalue weighted by atomic mass is 16.5. The summed E-state index contributed by atoms with van der Waals surface area (Å²) in [5.74, 6) is 4.32. The predicted molar refractivity (Wildman–Crippen MR) is 150 cm³/mol. The number of aromatic nitrogens is 2. The number of terminal acetylenes is 1. The van der Waals surface area contributed by atoms with Gasteiger partial charge in [-0.05, 0) is 55.3 Å². The van der Waals surface area contributed by atoms with E-state index < -0.39 is 0 Å². The van der Waals surface area contributed by atoms with Gasteiger partial charge in [-0.15, -0.1) is 13.0 Å². The molecule has 0 amide bonds. The second-order valence-corrected chi connectivity index (χ2v) is 8.39. The van der Waals surface area contributed by atoms with Crippen molar-refractivity contribution in [2.75, 3.05) is 13.2 Å². The summed E-state index contributed by atoms with van der Waals surface area (Å²) in [6, 6.07) is 20.3. The molecule has 0 fully saturated rings. The zero-order valence-corrected chi connectivity index (χ0v) is 20.9. The van der Waals surface area contributed by atoms with Gasteiger partial charge in [-0.1, -0.05) is 42.3 Å². The van der Waals surface area contributed by atoms with Crippen molar-refractivity contribution in [2.24, 2.45) is 5.10 Å². The number of benzene rings is 3. The van der Waals surface area contributed by atoms with Crippen molar-refractivity contribution in [1.29, 1.82) is 0 Å². The molecule has 0 saturated heterocycles. The average Bonchev–Trinajstić information content (AvgIpc) is 3.37. The van der Waals surface area contributed by atoms with Crippen molar-refractivity contribution in [3.8, 4) is 35.4 Å². The van der Waals surface area contributed by atoms with Crippen LogP contribution in [0.15, 0.2) is 93.7 Å². The van der Waals surface area contributed by atoms with Crippen LogP contribution in [0.25, 0.3) is 33.5 Å². The Kier molecular flexibility index (Phi) is 7.05. The molecular weight excluding hydrogens is 478 g/mol. The van der Waals surface area contributed by atoms with Crippen LogP contribution in [0.2, 0.25) is 0 Å². The van der Waals surface area contributed by atoms with Crippen LogP contribution in [0.5, 0.6) is 11.5 Å². The van der Waals surface area contributed by atoms with E-state index in [2.05, 4.69) is 17.6 Å². The fourth-order valence-corrected chi connectivity index (χ4v) is 4.21. The quantitative estimate of drug-likeness (QED) is 0.144. The number of furan rings is 1. The Balaban J connectivity index is 1.66. The average molecular weight is 504 g/mol. The van der Waals surface area contributed by atoms with Gasteiger partial charge in [0, 0.05) is 10.9 Å². The summed E-state index contributed by atoms with van der Waals surface area (Å²) in [7, 11) is 0. The Morgan fingerprint density at radius 2 is 1.95 bits per heavy atom. The molecule has 2 aromatic heterocycles. The molecule has 0 atom stereocenters. The van der Waals surface area contributed by atoms with Crippen molar-refractivity contribution < 1.29 is 13.9 Å². The maximum absolute atomic E-state index is 13.6. The molecule has 0 saturated carbocycles. The smallest absolute Gasteiger partial charge is 0.282 e. The first kappa shape index (κ1) is 24.6. The van der Waals surface area contributed by atoms with Gasteiger partial charge in [0.2, 0.25) is 5.82 Å². The number of hydrogen-bond donors (Lipinski definition) is 0. The first-order chi connectivity index (χ1) is 18.6. The number of nitrogens with zero attached hydrogens (tertiary/aromatic N) is 3. The summed E-state index contributed by atoms with van der Waals surface area (Å²) in [5.41, 5.74) is 2.48. The second kappa shape index (κ2) is 10.9. The van der Waals surface area contributed by atoms with Gasteiger partial charge in [-0.25, -0.2) is 4.98 Å². The molecule has 3 aromatic carbocycles. The van der Waals surface area contributed by atoms with Crippen LogP contribution in [0, 0.1) is 12.3 Å². The fourth-order valence-electron chi connectivity index (χ4n) is 4.21. The summed E-state index contributed by atoms with van der Waals surface area (Å²) in [5, 5.41) is 5.92. The topological polar surface area (TPSA) is 78.9 Å². The summed E-state index contributed by atoms with van der Waals surface area (Å²) in [4.78, 5) is 18.3. The van der Waals surface area contributed by atoms with Crippen LogP contribution in [-0.2, 0) is 6.42 Å². The lowest BCUT2D eigenvalue weighted by molar-refractivity contribution is 0.297. The van der Waals surface area contributed by atoms with Gasteiger partial charge in [0.15, 0.2) is 17.3 Å². The number of allylic oxidation sites excluding steroid dienone is 1. The molecule has 0 spiro atoms. The largest absolute Gasteiger partial charge is 0.490 e. The van der Waals surface area contributed by atoms with Gasteiger partial charge < -0.3 is 13.9 Å². The maximum Gasteiger partial charge on any atom is 0.282 e. The molecule has 7 nitrogen and oxygen atoms in total. The Morgan fingerprint density at radius 1 is 1.13 bits per heavy atom. The first-order valence-electron chi connectivity index (χ1n) is 12.1. The lowest BCUT2D eigenvalue weighted by Gasteiger charge is -2.15. The number of para-hydroxylation sites is 2. The molecule has 0 N–H and O–H groups in total. The molecular formula is C31H25N3O4. The molecule has 0 aliphatic rings. The van der Waals surface area contributed by atoms with Gasteiger partial charge in [-0.2, -0.15) is 9.78 Å². The predicted octanol–water partition coefficient (Wildman–Crippen LogP) is 5.83. The highest BCUT2D eigenvalue weighted by Crippen LogP contribution is 2.34. The van der Waals surface area contributed by atoms with Crippen LogP contribution >= 0.6 is 0 Å². The lowest BCUT2D eigenvalue weighted by Crippen LogP contribution is -2.20. The third kappa shape index (κ3) is 4.80. The molecule has 188 valence electrons. The van der Waals surface area contributed by atoms with Crippen molar-refractivity contribution in [1.82, 2.24) is 9.66 Å².